The highest BCUT2D eigenvalue weighted by atomic mass is 32.2. The van der Waals surface area contributed by atoms with Crippen LogP contribution in [0.3, 0.4) is 0 Å². The number of hydrogen-bond donors (Lipinski definition) is 1. The molecule has 0 rings (SSSR count). The van der Waals surface area contributed by atoms with Crippen LogP contribution in [0.5, 0.6) is 0 Å². The van der Waals surface area contributed by atoms with E-state index in [1.165, 1.54) is 0 Å². The lowest BCUT2D eigenvalue weighted by atomic mass is 11.6. The van der Waals surface area contributed by atoms with Gasteiger partial charge in [0.2, 0.25) is 0 Å². The third-order valence-corrected chi connectivity index (χ3v) is 1.21. The molecule has 0 bridgehead atoms. The zero-order valence-electron chi connectivity index (χ0n) is 4.12. The predicted octanol–water partition coefficient (Wildman–Crippen LogP) is 0.257. The van der Waals surface area contributed by atoms with Crippen LogP contribution in [0.25, 0.3) is 0 Å². The van der Waals surface area contributed by atoms with Gasteiger partial charge in [0, 0.05) is 0 Å². The highest BCUT2D eigenvalue weighted by Gasteiger charge is 2.48. The number of halogens is 3. The minimum Gasteiger partial charge on any atom is -0.220 e. The van der Waals surface area contributed by atoms with Gasteiger partial charge in [-0.1, -0.05) is 9.37 Å². The van der Waals surface area contributed by atoms with E-state index < -0.39 is 15.6 Å². The molecule has 0 spiro atoms. The summed E-state index contributed by atoms with van der Waals surface area (Å²) in [6.45, 7) is 0. The molecule has 0 fully saturated rings. The molecule has 62 valence electrons. The Morgan fingerprint density at radius 3 is 1.80 bits per heavy atom. The van der Waals surface area contributed by atoms with Crippen LogP contribution in [0.1, 0.15) is 0 Å². The van der Waals surface area contributed by atoms with Crippen molar-refractivity contribution in [2.75, 3.05) is 0 Å². The maximum absolute atomic E-state index is 11.1. The molecule has 0 aliphatic carbocycles. The fourth-order valence-corrected chi connectivity index (χ4v) is 0.236. The summed E-state index contributed by atoms with van der Waals surface area (Å²) in [6, 6.07) is 0. The van der Waals surface area contributed by atoms with Crippen LogP contribution >= 0.6 is 0 Å². The van der Waals surface area contributed by atoms with E-state index >= 15 is 0 Å². The predicted molar refractivity (Wildman–Crippen MR) is 19.8 cm³/mol. The van der Waals surface area contributed by atoms with E-state index in [-0.39, 0.29) is 0 Å². The molecule has 0 saturated heterocycles. The first-order valence-corrected chi connectivity index (χ1v) is 3.03. The van der Waals surface area contributed by atoms with Gasteiger partial charge in [-0.2, -0.15) is 21.6 Å². The lowest BCUT2D eigenvalue weighted by molar-refractivity contribution is -0.439. The van der Waals surface area contributed by atoms with Gasteiger partial charge in [0.15, 0.2) is 0 Å². The third-order valence-electron chi connectivity index (χ3n) is 0.403. The van der Waals surface area contributed by atoms with Gasteiger partial charge < -0.3 is 0 Å². The Bertz CT molecular complexity index is 189. The molecule has 0 amide bonds. The van der Waals surface area contributed by atoms with Crippen LogP contribution in [0.2, 0.25) is 0 Å². The van der Waals surface area contributed by atoms with Crippen molar-refractivity contribution in [2.45, 2.75) is 5.51 Å². The second-order valence-corrected chi connectivity index (χ2v) is 2.55. The highest BCUT2D eigenvalue weighted by Crippen LogP contribution is 2.24. The van der Waals surface area contributed by atoms with Crippen LogP contribution in [0.15, 0.2) is 0 Å². The quantitative estimate of drug-likeness (QED) is 0.376. The first kappa shape index (κ1) is 9.62. The summed E-state index contributed by atoms with van der Waals surface area (Å²) in [5.74, 6) is 0. The SMILES string of the molecule is O=S(=O)(OOO)C(F)(F)F. The van der Waals surface area contributed by atoms with Crippen molar-refractivity contribution in [1.82, 2.24) is 0 Å². The van der Waals surface area contributed by atoms with Gasteiger partial charge in [-0.3, -0.25) is 0 Å². The second kappa shape index (κ2) is 2.70. The van der Waals surface area contributed by atoms with E-state index in [1.807, 2.05) is 0 Å². The van der Waals surface area contributed by atoms with E-state index in [0.717, 1.165) is 0 Å². The summed E-state index contributed by atoms with van der Waals surface area (Å²) in [5, 5.41) is 9.49. The molecule has 0 aromatic rings. The Labute approximate surface area is 53.0 Å². The zero-order chi connectivity index (χ0) is 8.41. The molecule has 0 unspecified atom stereocenters. The Morgan fingerprint density at radius 2 is 1.70 bits per heavy atom. The molecule has 0 saturated carbocycles. The molecule has 1 N–H and O–H groups in total. The number of hydrogen-bond acceptors (Lipinski definition) is 5. The van der Waals surface area contributed by atoms with Gasteiger partial charge in [0.05, 0.1) is 0 Å². The van der Waals surface area contributed by atoms with Gasteiger partial charge in [-0.25, -0.2) is 5.26 Å². The molecule has 0 heterocycles. The van der Waals surface area contributed by atoms with E-state index in [0.29, 0.717) is 0 Å². The van der Waals surface area contributed by atoms with Crippen molar-refractivity contribution >= 4 is 10.1 Å². The number of alkyl halides is 3. The van der Waals surface area contributed by atoms with Crippen molar-refractivity contribution in [3.63, 3.8) is 0 Å². The standard InChI is InChI=1S/CHF3O5S/c2-1(3,4)10(6,7)9-8-5/h5H. The molecule has 0 aliphatic heterocycles. The maximum atomic E-state index is 11.1. The monoisotopic (exact) mass is 182 g/mol. The van der Waals surface area contributed by atoms with E-state index in [2.05, 4.69) is 9.37 Å². The fourth-order valence-electron chi connectivity index (χ4n) is 0.0786. The molecular formula is CHF3O5S. The smallest absolute Gasteiger partial charge is 0.220 e. The molecule has 9 heteroatoms. The van der Waals surface area contributed by atoms with Gasteiger partial charge in [0.25, 0.3) is 0 Å². The Hall–Kier alpha value is -0.380. The fraction of sp³-hybridized carbons (Fsp3) is 1.00. The molecule has 0 radical (unpaired) electrons. The van der Waals surface area contributed by atoms with E-state index in [1.54, 1.807) is 0 Å². The first-order valence-electron chi connectivity index (χ1n) is 1.62. The van der Waals surface area contributed by atoms with Crippen molar-refractivity contribution in [2.24, 2.45) is 0 Å². The first-order chi connectivity index (χ1) is 4.31. The lowest BCUT2D eigenvalue weighted by Gasteiger charge is -2.02. The van der Waals surface area contributed by atoms with Crippen LogP contribution in [-0.2, 0) is 19.5 Å². The number of rotatable bonds is 2. The molecule has 0 atom stereocenters. The molecule has 0 aliphatic rings. The van der Waals surface area contributed by atoms with Crippen molar-refractivity contribution in [1.29, 1.82) is 0 Å². The van der Waals surface area contributed by atoms with Gasteiger partial charge in [-0.15, -0.1) is 0 Å². The van der Waals surface area contributed by atoms with Crippen molar-refractivity contribution in [3.05, 3.63) is 0 Å². The summed E-state index contributed by atoms with van der Waals surface area (Å²) in [4.78, 5) is 0. The van der Waals surface area contributed by atoms with Crippen LogP contribution in [0, 0.1) is 0 Å². The summed E-state index contributed by atoms with van der Waals surface area (Å²) < 4.78 is 55.1. The summed E-state index contributed by atoms with van der Waals surface area (Å²) in [7, 11) is -5.82. The van der Waals surface area contributed by atoms with Crippen LogP contribution in [-0.4, -0.2) is 19.2 Å². The van der Waals surface area contributed by atoms with Gasteiger partial charge >= 0.3 is 15.6 Å². The Kier molecular flexibility index (Phi) is 2.60. The summed E-state index contributed by atoms with van der Waals surface area (Å²) in [5.41, 5.74) is -5.59. The Balaban J connectivity index is 4.44. The topological polar surface area (TPSA) is 72.8 Å². The molecule has 0 aromatic carbocycles. The second-order valence-electron chi connectivity index (χ2n) is 1.04. The molecule has 0 aromatic heterocycles. The van der Waals surface area contributed by atoms with Gasteiger partial charge in [0.1, 0.15) is 0 Å². The van der Waals surface area contributed by atoms with Gasteiger partial charge in [-0.05, 0) is 0 Å². The Morgan fingerprint density at radius 1 is 1.30 bits per heavy atom. The minimum absolute atomic E-state index is 2.33. The normalized spacial score (nSPS) is 13.6. The van der Waals surface area contributed by atoms with E-state index in [4.69, 9.17) is 5.26 Å². The maximum Gasteiger partial charge on any atom is 0.525 e. The molecule has 10 heavy (non-hydrogen) atoms. The van der Waals surface area contributed by atoms with Crippen LogP contribution < -0.4 is 0 Å². The minimum atomic E-state index is -5.82. The van der Waals surface area contributed by atoms with Crippen molar-refractivity contribution < 1.29 is 36.2 Å². The summed E-state index contributed by atoms with van der Waals surface area (Å²) >= 11 is 0. The average molecular weight is 182 g/mol. The molecule has 5 nitrogen and oxygen atoms in total. The van der Waals surface area contributed by atoms with Crippen LogP contribution in [0.4, 0.5) is 13.2 Å². The van der Waals surface area contributed by atoms with Crippen molar-refractivity contribution in [3.8, 4) is 0 Å². The third kappa shape index (κ3) is 2.10. The lowest BCUT2D eigenvalue weighted by Crippen LogP contribution is -2.25. The van der Waals surface area contributed by atoms with E-state index in [9.17, 15) is 21.6 Å². The highest BCUT2D eigenvalue weighted by molar-refractivity contribution is 7.87. The largest absolute Gasteiger partial charge is 0.525 e. The average Bonchev–Trinajstić information content (AvgIpc) is 1.61. The summed E-state index contributed by atoms with van der Waals surface area (Å²) in [6.07, 6.45) is 0. The molecular weight excluding hydrogens is 181 g/mol. The zero-order valence-corrected chi connectivity index (χ0v) is 4.94.